The summed E-state index contributed by atoms with van der Waals surface area (Å²) in [5, 5.41) is 5.43. The van der Waals surface area contributed by atoms with Crippen molar-refractivity contribution in [3.05, 3.63) is 42.4 Å². The van der Waals surface area contributed by atoms with E-state index in [4.69, 9.17) is 19.4 Å². The van der Waals surface area contributed by atoms with Crippen LogP contribution in [0.3, 0.4) is 0 Å². The van der Waals surface area contributed by atoms with Crippen LogP contribution >= 0.6 is 0 Å². The molecular formula is C22H25N7O2. The fourth-order valence-corrected chi connectivity index (χ4v) is 4.12. The van der Waals surface area contributed by atoms with Crippen molar-refractivity contribution in [2.45, 2.75) is 19.6 Å². The summed E-state index contributed by atoms with van der Waals surface area (Å²) >= 11 is 0. The van der Waals surface area contributed by atoms with Gasteiger partial charge in [0, 0.05) is 55.7 Å². The number of aromatic nitrogens is 6. The molecule has 0 radical (unpaired) electrons. The molecule has 0 aliphatic carbocycles. The minimum atomic E-state index is 0.221. The van der Waals surface area contributed by atoms with E-state index >= 15 is 0 Å². The number of ether oxygens (including phenoxy) is 2. The number of aryl methyl sites for hydroxylation is 1. The molecule has 1 atom stereocenters. The quantitative estimate of drug-likeness (QED) is 0.532. The number of H-pyrrole nitrogens is 1. The van der Waals surface area contributed by atoms with Gasteiger partial charge in [-0.1, -0.05) is 0 Å². The highest BCUT2D eigenvalue weighted by Crippen LogP contribution is 2.31. The van der Waals surface area contributed by atoms with E-state index in [-0.39, 0.29) is 6.04 Å². The van der Waals surface area contributed by atoms with Crippen LogP contribution in [0.4, 0.5) is 5.82 Å². The number of fused-ring (bicyclic) bond motifs is 1. The first-order valence-electron chi connectivity index (χ1n) is 10.3. The van der Waals surface area contributed by atoms with Gasteiger partial charge in [0.05, 0.1) is 43.4 Å². The molecule has 1 aliphatic rings. The Balaban J connectivity index is 1.72. The molecule has 0 unspecified atom stereocenters. The highest BCUT2D eigenvalue weighted by Gasteiger charge is 2.24. The number of hydrogen-bond acceptors (Lipinski definition) is 7. The number of rotatable bonds is 5. The number of methoxy groups -OCH3 is 1. The minimum Gasteiger partial charge on any atom is -0.380 e. The summed E-state index contributed by atoms with van der Waals surface area (Å²) in [6.07, 6.45) is 5.49. The van der Waals surface area contributed by atoms with Crippen LogP contribution in [0.5, 0.6) is 0 Å². The third-order valence-electron chi connectivity index (χ3n) is 5.63. The lowest BCUT2D eigenvalue weighted by Crippen LogP contribution is -2.44. The topological polar surface area (TPSA) is 94.0 Å². The average molecular weight is 419 g/mol. The predicted molar refractivity (Wildman–Crippen MR) is 118 cm³/mol. The largest absolute Gasteiger partial charge is 0.380 e. The molecule has 9 nitrogen and oxygen atoms in total. The van der Waals surface area contributed by atoms with Crippen molar-refractivity contribution in [2.24, 2.45) is 7.05 Å². The lowest BCUT2D eigenvalue weighted by atomic mass is 10.1. The highest BCUT2D eigenvalue weighted by atomic mass is 16.5. The summed E-state index contributed by atoms with van der Waals surface area (Å²) < 4.78 is 12.9. The summed E-state index contributed by atoms with van der Waals surface area (Å²) in [4.78, 5) is 19.8. The molecule has 4 aromatic rings. The zero-order valence-corrected chi connectivity index (χ0v) is 17.9. The van der Waals surface area contributed by atoms with Crippen molar-refractivity contribution in [2.75, 3.05) is 31.8 Å². The smallest absolute Gasteiger partial charge is 0.163 e. The van der Waals surface area contributed by atoms with E-state index in [2.05, 4.69) is 26.9 Å². The van der Waals surface area contributed by atoms with Gasteiger partial charge < -0.3 is 19.4 Å². The van der Waals surface area contributed by atoms with Crippen molar-refractivity contribution < 1.29 is 9.47 Å². The van der Waals surface area contributed by atoms with Crippen LogP contribution in [0.2, 0.25) is 0 Å². The summed E-state index contributed by atoms with van der Waals surface area (Å²) in [5.74, 6) is 1.53. The zero-order chi connectivity index (χ0) is 21.4. The Bertz CT molecular complexity index is 1220. The third-order valence-corrected chi connectivity index (χ3v) is 5.63. The van der Waals surface area contributed by atoms with Crippen LogP contribution in [0.1, 0.15) is 12.5 Å². The number of nitrogens with zero attached hydrogens (tertiary/aromatic N) is 6. The van der Waals surface area contributed by atoms with Gasteiger partial charge in [-0.05, 0) is 19.1 Å². The first kappa shape index (κ1) is 19.7. The molecule has 0 amide bonds. The van der Waals surface area contributed by atoms with Crippen LogP contribution in [0, 0.1) is 0 Å². The number of pyridine rings is 1. The lowest BCUT2D eigenvalue weighted by molar-refractivity contribution is 0.0985. The van der Waals surface area contributed by atoms with E-state index in [1.165, 1.54) is 0 Å². The first-order valence-corrected chi connectivity index (χ1v) is 10.3. The molecule has 9 heteroatoms. The molecule has 160 valence electrons. The Kier molecular flexibility index (Phi) is 5.13. The van der Waals surface area contributed by atoms with Gasteiger partial charge >= 0.3 is 0 Å². The summed E-state index contributed by atoms with van der Waals surface area (Å²) in [7, 11) is 3.60. The van der Waals surface area contributed by atoms with E-state index in [1.807, 2.05) is 42.3 Å². The van der Waals surface area contributed by atoms with Crippen molar-refractivity contribution in [3.63, 3.8) is 0 Å². The van der Waals surface area contributed by atoms with Crippen LogP contribution in [-0.4, -0.2) is 62.6 Å². The molecule has 0 spiro atoms. The number of hydrogen-bond donors (Lipinski definition) is 1. The van der Waals surface area contributed by atoms with Gasteiger partial charge in [-0.2, -0.15) is 5.10 Å². The molecule has 1 fully saturated rings. The molecule has 0 saturated carbocycles. The standard InChI is InChI=1S/C22H25N7O2/c1-14-12-31-9-8-29(14)19-10-18(20-15(13-30-3)11-25-28(20)2)26-22(27-19)17-5-7-24-21-16(17)4-6-23-21/h4-7,10-11,14H,8-9,12-13H2,1-3H3,(H,23,24)/t14-/m1/s1. The minimum absolute atomic E-state index is 0.221. The maximum atomic E-state index is 5.64. The highest BCUT2D eigenvalue weighted by molar-refractivity contribution is 5.91. The van der Waals surface area contributed by atoms with Crippen molar-refractivity contribution in [3.8, 4) is 22.8 Å². The molecule has 0 bridgehead atoms. The first-order chi connectivity index (χ1) is 15.2. The second-order valence-electron chi connectivity index (χ2n) is 7.73. The van der Waals surface area contributed by atoms with E-state index in [0.29, 0.717) is 25.6 Å². The van der Waals surface area contributed by atoms with Crippen LogP contribution < -0.4 is 4.90 Å². The molecule has 1 N–H and O–H groups in total. The molecule has 1 saturated heterocycles. The molecule has 0 aromatic carbocycles. The number of morpholine rings is 1. The molecule has 5 heterocycles. The molecule has 1 aliphatic heterocycles. The van der Waals surface area contributed by atoms with Gasteiger partial charge in [0.15, 0.2) is 5.82 Å². The van der Waals surface area contributed by atoms with E-state index < -0.39 is 0 Å². The molecule has 5 rings (SSSR count). The van der Waals surface area contributed by atoms with E-state index in [1.54, 1.807) is 13.3 Å². The average Bonchev–Trinajstić information content (AvgIpc) is 3.40. The zero-order valence-electron chi connectivity index (χ0n) is 17.9. The maximum absolute atomic E-state index is 5.64. The predicted octanol–water partition coefficient (Wildman–Crippen LogP) is 2.79. The van der Waals surface area contributed by atoms with Crippen molar-refractivity contribution in [1.29, 1.82) is 0 Å². The van der Waals surface area contributed by atoms with Gasteiger partial charge in [0.25, 0.3) is 0 Å². The summed E-state index contributed by atoms with van der Waals surface area (Å²) in [6.45, 7) is 4.74. The SMILES string of the molecule is COCc1cnn(C)c1-c1cc(N2CCOC[C@H]2C)nc(-c2ccnc3[nH]ccc23)n1. The van der Waals surface area contributed by atoms with E-state index in [0.717, 1.165) is 45.9 Å². The lowest BCUT2D eigenvalue weighted by Gasteiger charge is -2.34. The fraction of sp³-hybridized carbons (Fsp3) is 0.364. The summed E-state index contributed by atoms with van der Waals surface area (Å²) in [5.41, 5.74) is 4.47. The molecule has 31 heavy (non-hydrogen) atoms. The Hall–Kier alpha value is -3.30. The normalized spacial score (nSPS) is 16.9. The van der Waals surface area contributed by atoms with Crippen LogP contribution in [-0.2, 0) is 23.1 Å². The van der Waals surface area contributed by atoms with Crippen molar-refractivity contribution in [1.82, 2.24) is 29.7 Å². The maximum Gasteiger partial charge on any atom is 0.163 e. The molecule has 4 aromatic heterocycles. The Labute approximate surface area is 180 Å². The van der Waals surface area contributed by atoms with Gasteiger partial charge in [-0.3, -0.25) is 4.68 Å². The van der Waals surface area contributed by atoms with E-state index in [9.17, 15) is 0 Å². The third kappa shape index (κ3) is 3.55. The number of nitrogens with one attached hydrogen (secondary N) is 1. The second kappa shape index (κ2) is 8.09. The van der Waals surface area contributed by atoms with Crippen LogP contribution in [0.15, 0.2) is 36.8 Å². The van der Waals surface area contributed by atoms with Crippen molar-refractivity contribution >= 4 is 16.9 Å². The Morgan fingerprint density at radius 3 is 3.03 bits per heavy atom. The van der Waals surface area contributed by atoms with Crippen LogP contribution in [0.25, 0.3) is 33.8 Å². The Morgan fingerprint density at radius 1 is 1.29 bits per heavy atom. The number of aromatic amines is 1. The monoisotopic (exact) mass is 419 g/mol. The fourth-order valence-electron chi connectivity index (χ4n) is 4.12. The van der Waals surface area contributed by atoms with Gasteiger partial charge in [-0.25, -0.2) is 15.0 Å². The van der Waals surface area contributed by atoms with Gasteiger partial charge in [-0.15, -0.1) is 0 Å². The second-order valence-corrected chi connectivity index (χ2v) is 7.73. The van der Waals surface area contributed by atoms with Gasteiger partial charge in [0.1, 0.15) is 11.5 Å². The van der Waals surface area contributed by atoms with Gasteiger partial charge in [0.2, 0.25) is 0 Å². The molecular weight excluding hydrogens is 394 g/mol. The summed E-state index contributed by atoms with van der Waals surface area (Å²) in [6, 6.07) is 6.22. The number of anilines is 1. The Morgan fingerprint density at radius 2 is 2.19 bits per heavy atom.